The molecule has 1 aliphatic rings. The van der Waals surface area contributed by atoms with E-state index in [4.69, 9.17) is 0 Å². The molecule has 0 spiro atoms. The fourth-order valence-electron chi connectivity index (χ4n) is 4.44. The van der Waals surface area contributed by atoms with Crippen LogP contribution in [0.4, 0.5) is 0 Å². The van der Waals surface area contributed by atoms with Crippen LogP contribution in [0.2, 0.25) is 0 Å². The highest BCUT2D eigenvalue weighted by atomic mass is 32.2. The number of hydrogen-bond donors (Lipinski definition) is 0. The summed E-state index contributed by atoms with van der Waals surface area (Å²) in [5, 5.41) is 0.794. The van der Waals surface area contributed by atoms with Gasteiger partial charge in [0.1, 0.15) is 0 Å². The van der Waals surface area contributed by atoms with Crippen LogP contribution in [0.1, 0.15) is 18.0 Å². The molecule has 0 saturated carbocycles. The summed E-state index contributed by atoms with van der Waals surface area (Å²) in [6.45, 7) is 2.84. The molecule has 0 radical (unpaired) electrons. The number of aromatic nitrogens is 1. The van der Waals surface area contributed by atoms with Crippen LogP contribution in [-0.4, -0.2) is 31.0 Å². The molecule has 1 fully saturated rings. The van der Waals surface area contributed by atoms with Gasteiger partial charge in [-0.15, -0.1) is 0 Å². The lowest BCUT2D eigenvalue weighted by Crippen LogP contribution is -2.21. The number of likely N-dealkylation sites (tertiary alicyclic amines) is 1. The summed E-state index contributed by atoms with van der Waals surface area (Å²) in [4.78, 5) is 3.18. The van der Waals surface area contributed by atoms with Crippen molar-refractivity contribution in [3.05, 3.63) is 96.7 Å². The third-order valence-corrected chi connectivity index (χ3v) is 7.73. The maximum absolute atomic E-state index is 13.4. The third kappa shape index (κ3) is 3.44. The van der Waals surface area contributed by atoms with Crippen molar-refractivity contribution in [1.82, 2.24) is 9.47 Å². The number of rotatable bonds is 5. The zero-order valence-corrected chi connectivity index (χ0v) is 17.5. The van der Waals surface area contributed by atoms with Gasteiger partial charge in [0.05, 0.1) is 9.79 Å². The first-order valence-corrected chi connectivity index (χ1v) is 11.8. The van der Waals surface area contributed by atoms with Gasteiger partial charge in [0, 0.05) is 42.8 Å². The second kappa shape index (κ2) is 7.74. The molecule has 2 heterocycles. The fraction of sp³-hybridized carbons (Fsp3) is 0.200. The van der Waals surface area contributed by atoms with Crippen LogP contribution in [0.15, 0.2) is 101 Å². The predicted octanol–water partition coefficient (Wildman–Crippen LogP) is 4.92. The number of sulfone groups is 1. The van der Waals surface area contributed by atoms with Gasteiger partial charge in [0.2, 0.25) is 9.84 Å². The van der Waals surface area contributed by atoms with Crippen LogP contribution >= 0.6 is 0 Å². The first-order valence-electron chi connectivity index (χ1n) is 10.3. The topological polar surface area (TPSA) is 42.3 Å². The first kappa shape index (κ1) is 19.1. The molecule has 30 heavy (non-hydrogen) atoms. The Bertz CT molecular complexity index is 1260. The summed E-state index contributed by atoms with van der Waals surface area (Å²) < 4.78 is 28.9. The van der Waals surface area contributed by atoms with Crippen LogP contribution in [0.3, 0.4) is 0 Å². The molecule has 152 valence electrons. The number of fused-ring (bicyclic) bond motifs is 1. The van der Waals surface area contributed by atoms with E-state index >= 15 is 0 Å². The second-order valence-electron chi connectivity index (χ2n) is 7.90. The molecule has 1 aromatic heterocycles. The van der Waals surface area contributed by atoms with E-state index in [1.807, 2.05) is 42.6 Å². The summed E-state index contributed by atoms with van der Waals surface area (Å²) >= 11 is 0. The average molecular weight is 417 g/mol. The minimum absolute atomic E-state index is 0.262. The maximum Gasteiger partial charge on any atom is 0.208 e. The predicted molar refractivity (Wildman–Crippen MR) is 119 cm³/mol. The standard InChI is InChI=1S/C25H24N2O2S/c28-30(29,22-11-5-2-6-12-22)25-19-27(24-14-8-7-13-23(24)25)21-15-16-26(18-21)17-20-9-3-1-4-10-20/h1-14,19,21H,15-18H2. The quantitative estimate of drug-likeness (QED) is 0.464. The van der Waals surface area contributed by atoms with Crippen LogP contribution in [0, 0.1) is 0 Å². The van der Waals surface area contributed by atoms with Gasteiger partial charge in [0.25, 0.3) is 0 Å². The van der Waals surface area contributed by atoms with Crippen molar-refractivity contribution in [3.8, 4) is 0 Å². The highest BCUT2D eigenvalue weighted by molar-refractivity contribution is 7.91. The molecule has 4 aromatic rings. The highest BCUT2D eigenvalue weighted by Crippen LogP contribution is 2.34. The largest absolute Gasteiger partial charge is 0.342 e. The Morgan fingerprint density at radius 1 is 0.833 bits per heavy atom. The molecule has 1 aliphatic heterocycles. The lowest BCUT2D eigenvalue weighted by atomic mass is 10.2. The van der Waals surface area contributed by atoms with Crippen molar-refractivity contribution in [3.63, 3.8) is 0 Å². The molecule has 5 heteroatoms. The Morgan fingerprint density at radius 3 is 2.27 bits per heavy atom. The summed E-state index contributed by atoms with van der Waals surface area (Å²) in [7, 11) is -3.57. The van der Waals surface area contributed by atoms with Gasteiger partial charge < -0.3 is 4.57 Å². The minimum atomic E-state index is -3.57. The van der Waals surface area contributed by atoms with Crippen molar-refractivity contribution < 1.29 is 8.42 Å². The average Bonchev–Trinajstić information content (AvgIpc) is 3.40. The van der Waals surface area contributed by atoms with E-state index in [1.165, 1.54) is 5.56 Å². The number of benzene rings is 3. The van der Waals surface area contributed by atoms with Gasteiger partial charge in [0.15, 0.2) is 0 Å². The van der Waals surface area contributed by atoms with E-state index in [9.17, 15) is 8.42 Å². The van der Waals surface area contributed by atoms with E-state index in [-0.39, 0.29) is 6.04 Å². The molecule has 5 rings (SSSR count). The molecule has 0 aliphatic carbocycles. The van der Waals surface area contributed by atoms with E-state index in [0.717, 1.165) is 37.0 Å². The van der Waals surface area contributed by atoms with Crippen molar-refractivity contribution in [2.45, 2.75) is 28.8 Å². The van der Waals surface area contributed by atoms with Crippen LogP contribution in [0.25, 0.3) is 10.9 Å². The SMILES string of the molecule is O=S(=O)(c1ccccc1)c1cn(C2CCN(Cc3ccccc3)C2)c2ccccc12. The monoisotopic (exact) mass is 416 g/mol. The molecule has 0 N–H and O–H groups in total. The minimum Gasteiger partial charge on any atom is -0.342 e. The molecule has 4 nitrogen and oxygen atoms in total. The zero-order chi connectivity index (χ0) is 20.6. The van der Waals surface area contributed by atoms with Gasteiger partial charge in [-0.25, -0.2) is 8.42 Å². The molecule has 1 atom stereocenters. The third-order valence-electron chi connectivity index (χ3n) is 5.94. The van der Waals surface area contributed by atoms with Gasteiger partial charge in [-0.05, 0) is 30.2 Å². The first-order chi connectivity index (χ1) is 14.6. The second-order valence-corrected chi connectivity index (χ2v) is 9.82. The van der Waals surface area contributed by atoms with E-state index in [1.54, 1.807) is 24.3 Å². The van der Waals surface area contributed by atoms with E-state index in [0.29, 0.717) is 9.79 Å². The Kier molecular flexibility index (Phi) is 4.93. The van der Waals surface area contributed by atoms with Crippen molar-refractivity contribution in [1.29, 1.82) is 0 Å². The van der Waals surface area contributed by atoms with Gasteiger partial charge in [-0.1, -0.05) is 66.7 Å². The fourth-order valence-corrected chi connectivity index (χ4v) is 5.92. The zero-order valence-electron chi connectivity index (χ0n) is 16.7. The molecule has 1 unspecified atom stereocenters. The summed E-state index contributed by atoms with van der Waals surface area (Å²) in [6, 6.07) is 27.3. The Labute approximate surface area is 177 Å². The lowest BCUT2D eigenvalue weighted by molar-refractivity contribution is 0.317. The molecule has 0 bridgehead atoms. The Morgan fingerprint density at radius 2 is 1.50 bits per heavy atom. The highest BCUT2D eigenvalue weighted by Gasteiger charge is 2.29. The maximum atomic E-state index is 13.4. The van der Waals surface area contributed by atoms with Crippen LogP contribution in [-0.2, 0) is 16.4 Å². The Hall–Kier alpha value is -2.89. The van der Waals surface area contributed by atoms with Crippen molar-refractivity contribution in [2.75, 3.05) is 13.1 Å². The van der Waals surface area contributed by atoms with Crippen molar-refractivity contribution in [2.24, 2.45) is 0 Å². The number of hydrogen-bond acceptors (Lipinski definition) is 3. The van der Waals surface area contributed by atoms with E-state index in [2.05, 4.69) is 33.7 Å². The number of para-hydroxylation sites is 1. The van der Waals surface area contributed by atoms with Crippen molar-refractivity contribution >= 4 is 20.7 Å². The lowest BCUT2D eigenvalue weighted by Gasteiger charge is -2.17. The molecule has 3 aromatic carbocycles. The smallest absolute Gasteiger partial charge is 0.208 e. The van der Waals surface area contributed by atoms with Crippen LogP contribution in [0.5, 0.6) is 0 Å². The normalized spacial score (nSPS) is 17.5. The van der Waals surface area contributed by atoms with Gasteiger partial charge in [-0.2, -0.15) is 0 Å². The van der Waals surface area contributed by atoms with Crippen LogP contribution < -0.4 is 0 Å². The molecule has 1 saturated heterocycles. The Balaban J connectivity index is 1.49. The number of nitrogens with zero attached hydrogens (tertiary/aromatic N) is 2. The van der Waals surface area contributed by atoms with Gasteiger partial charge >= 0.3 is 0 Å². The molecule has 0 amide bonds. The van der Waals surface area contributed by atoms with Gasteiger partial charge in [-0.3, -0.25) is 4.90 Å². The summed E-state index contributed by atoms with van der Waals surface area (Å²) in [5.74, 6) is 0. The molecular formula is C25H24N2O2S. The molecular weight excluding hydrogens is 392 g/mol. The summed E-state index contributed by atoms with van der Waals surface area (Å²) in [6.07, 6.45) is 2.86. The van der Waals surface area contributed by atoms with E-state index < -0.39 is 9.84 Å². The summed E-state index contributed by atoms with van der Waals surface area (Å²) in [5.41, 5.74) is 2.29.